The third-order valence-electron chi connectivity index (χ3n) is 0.661. The van der Waals surface area contributed by atoms with Crippen molar-refractivity contribution in [1.29, 1.82) is 0 Å². The van der Waals surface area contributed by atoms with Gasteiger partial charge in [0.1, 0.15) is 0 Å². The molecule has 0 aromatic rings. The summed E-state index contributed by atoms with van der Waals surface area (Å²) in [4.78, 5) is -0.648. The zero-order valence-corrected chi connectivity index (χ0v) is 5.41. The van der Waals surface area contributed by atoms with Crippen LogP contribution in [0.3, 0.4) is 0 Å². The topological polar surface area (TPSA) is 33.6 Å². The van der Waals surface area contributed by atoms with Crippen LogP contribution in [0.2, 0.25) is 0 Å². The molecule has 0 saturated heterocycles. The highest BCUT2D eigenvalue weighted by Gasteiger charge is 2.14. The fourth-order valence-electron chi connectivity index (χ4n) is 0.360. The summed E-state index contributed by atoms with van der Waals surface area (Å²) in [6.07, 6.45) is 0. The van der Waals surface area contributed by atoms with Gasteiger partial charge in [0, 0.05) is 0 Å². The Hall–Kier alpha value is -0.150. The van der Waals surface area contributed by atoms with E-state index in [9.17, 15) is 0 Å². The van der Waals surface area contributed by atoms with E-state index < -0.39 is 4.84 Å². The molecule has 1 aliphatic rings. The predicted octanol–water partition coefficient (Wildman–Crippen LogP) is 0.681. The van der Waals surface area contributed by atoms with Gasteiger partial charge in [0.2, 0.25) is 5.90 Å². The quantitative estimate of drug-likeness (QED) is 0.565. The SMILES string of the molecule is ClC(Cl)C1=NNCO1. The minimum atomic E-state index is -0.648. The highest BCUT2D eigenvalue weighted by atomic mass is 35.5. The van der Waals surface area contributed by atoms with Crippen LogP contribution in [0.4, 0.5) is 0 Å². The molecular formula is C3H4Cl2N2O. The third-order valence-corrected chi connectivity index (χ3v) is 1.03. The molecule has 0 bridgehead atoms. The van der Waals surface area contributed by atoms with Gasteiger partial charge in [-0.3, -0.25) is 5.43 Å². The molecule has 1 heterocycles. The van der Waals surface area contributed by atoms with Crippen molar-refractivity contribution >= 4 is 29.1 Å². The summed E-state index contributed by atoms with van der Waals surface area (Å²) in [5, 5.41) is 3.62. The van der Waals surface area contributed by atoms with Crippen molar-refractivity contribution < 1.29 is 4.74 Å². The molecule has 0 aromatic carbocycles. The molecule has 1 rings (SSSR count). The van der Waals surface area contributed by atoms with Crippen LogP contribution in [0.1, 0.15) is 0 Å². The van der Waals surface area contributed by atoms with E-state index in [2.05, 4.69) is 10.5 Å². The van der Waals surface area contributed by atoms with Crippen LogP contribution in [-0.2, 0) is 4.74 Å². The molecule has 0 amide bonds. The van der Waals surface area contributed by atoms with Gasteiger partial charge in [-0.05, 0) is 0 Å². The maximum absolute atomic E-state index is 5.35. The largest absolute Gasteiger partial charge is 0.455 e. The molecule has 1 aliphatic heterocycles. The molecule has 5 heteroatoms. The Morgan fingerprint density at radius 1 is 1.75 bits per heavy atom. The van der Waals surface area contributed by atoms with Gasteiger partial charge < -0.3 is 4.74 Å². The standard InChI is InChI=1S/C3H4Cl2N2O/c4-2(5)3-7-6-1-8-3/h2,6H,1H2. The molecule has 0 fully saturated rings. The average molecular weight is 155 g/mol. The summed E-state index contributed by atoms with van der Waals surface area (Å²) in [6.45, 7) is 0.366. The monoisotopic (exact) mass is 154 g/mol. The molecule has 8 heavy (non-hydrogen) atoms. The van der Waals surface area contributed by atoms with E-state index in [1.54, 1.807) is 0 Å². The highest BCUT2D eigenvalue weighted by molar-refractivity contribution is 6.53. The van der Waals surface area contributed by atoms with Crippen molar-refractivity contribution in [3.63, 3.8) is 0 Å². The van der Waals surface area contributed by atoms with Crippen molar-refractivity contribution in [3.8, 4) is 0 Å². The molecule has 0 atom stereocenters. The van der Waals surface area contributed by atoms with E-state index in [1.807, 2.05) is 0 Å². The lowest BCUT2D eigenvalue weighted by molar-refractivity contribution is 0.313. The molecule has 0 saturated carbocycles. The van der Waals surface area contributed by atoms with Crippen molar-refractivity contribution in [2.75, 3.05) is 6.73 Å². The molecular weight excluding hydrogens is 151 g/mol. The van der Waals surface area contributed by atoms with Crippen LogP contribution < -0.4 is 5.43 Å². The van der Waals surface area contributed by atoms with Gasteiger partial charge >= 0.3 is 0 Å². The number of nitrogens with zero attached hydrogens (tertiary/aromatic N) is 1. The van der Waals surface area contributed by atoms with Crippen LogP contribution >= 0.6 is 23.2 Å². The first-order valence-electron chi connectivity index (χ1n) is 2.02. The predicted molar refractivity (Wildman–Crippen MR) is 32.0 cm³/mol. The fraction of sp³-hybridized carbons (Fsp3) is 0.667. The zero-order valence-electron chi connectivity index (χ0n) is 3.90. The molecule has 3 nitrogen and oxygen atoms in total. The van der Waals surface area contributed by atoms with Gasteiger partial charge in [0.05, 0.1) is 0 Å². The van der Waals surface area contributed by atoms with Crippen molar-refractivity contribution in [1.82, 2.24) is 5.43 Å². The molecule has 46 valence electrons. The van der Waals surface area contributed by atoms with Gasteiger partial charge in [0.15, 0.2) is 11.6 Å². The Morgan fingerprint density at radius 2 is 2.50 bits per heavy atom. The normalized spacial score (nSPS) is 17.6. The molecule has 1 N–H and O–H groups in total. The Balaban J connectivity index is 2.45. The van der Waals surface area contributed by atoms with E-state index in [-0.39, 0.29) is 0 Å². The number of hydrogen-bond donors (Lipinski definition) is 1. The van der Waals surface area contributed by atoms with Crippen LogP contribution in [0.5, 0.6) is 0 Å². The van der Waals surface area contributed by atoms with E-state index in [0.717, 1.165) is 0 Å². The molecule has 0 spiro atoms. The number of nitrogens with one attached hydrogen (secondary N) is 1. The lowest BCUT2D eigenvalue weighted by Gasteiger charge is -1.95. The van der Waals surface area contributed by atoms with Crippen LogP contribution in [0.15, 0.2) is 5.10 Å². The minimum Gasteiger partial charge on any atom is -0.455 e. The first-order valence-corrected chi connectivity index (χ1v) is 2.89. The van der Waals surface area contributed by atoms with E-state index in [0.29, 0.717) is 12.6 Å². The lowest BCUT2D eigenvalue weighted by atomic mass is 10.8. The Bertz CT molecular complexity index is 114. The number of rotatable bonds is 1. The number of hydrogen-bond acceptors (Lipinski definition) is 3. The first kappa shape index (κ1) is 5.98. The summed E-state index contributed by atoms with van der Waals surface area (Å²) in [7, 11) is 0. The summed E-state index contributed by atoms with van der Waals surface area (Å²) in [6, 6.07) is 0. The fourth-order valence-corrected chi connectivity index (χ4v) is 0.584. The van der Waals surface area contributed by atoms with Crippen molar-refractivity contribution in [3.05, 3.63) is 0 Å². The second kappa shape index (κ2) is 2.42. The Morgan fingerprint density at radius 3 is 2.75 bits per heavy atom. The van der Waals surface area contributed by atoms with Gasteiger partial charge in [-0.25, -0.2) is 0 Å². The van der Waals surface area contributed by atoms with Crippen molar-refractivity contribution in [2.45, 2.75) is 4.84 Å². The first-order chi connectivity index (χ1) is 3.80. The maximum atomic E-state index is 5.35. The number of ether oxygens (including phenoxy) is 1. The molecule has 0 aromatic heterocycles. The van der Waals surface area contributed by atoms with Gasteiger partial charge in [-0.2, -0.15) is 0 Å². The van der Waals surface area contributed by atoms with E-state index in [1.165, 1.54) is 0 Å². The van der Waals surface area contributed by atoms with Crippen LogP contribution in [-0.4, -0.2) is 17.5 Å². The smallest absolute Gasteiger partial charge is 0.241 e. The van der Waals surface area contributed by atoms with Gasteiger partial charge in [-0.1, -0.05) is 23.2 Å². The third kappa shape index (κ3) is 1.17. The van der Waals surface area contributed by atoms with Gasteiger partial charge in [-0.15, -0.1) is 5.10 Å². The van der Waals surface area contributed by atoms with Crippen LogP contribution in [0, 0.1) is 0 Å². The highest BCUT2D eigenvalue weighted by Crippen LogP contribution is 2.07. The number of hydrazone groups is 1. The molecule has 0 aliphatic carbocycles. The summed E-state index contributed by atoms with van der Waals surface area (Å²) in [5.74, 6) is 0.341. The summed E-state index contributed by atoms with van der Waals surface area (Å²) in [5.41, 5.74) is 2.55. The number of alkyl halides is 2. The Kier molecular flexibility index (Phi) is 1.81. The summed E-state index contributed by atoms with van der Waals surface area (Å²) >= 11 is 10.7. The molecule has 0 radical (unpaired) electrons. The van der Waals surface area contributed by atoms with Gasteiger partial charge in [0.25, 0.3) is 0 Å². The minimum absolute atomic E-state index is 0.341. The van der Waals surface area contributed by atoms with E-state index >= 15 is 0 Å². The second-order valence-electron chi connectivity index (χ2n) is 1.20. The lowest BCUT2D eigenvalue weighted by Crippen LogP contribution is -2.07. The maximum Gasteiger partial charge on any atom is 0.241 e. The molecule has 0 unspecified atom stereocenters. The van der Waals surface area contributed by atoms with Crippen molar-refractivity contribution in [2.24, 2.45) is 5.10 Å². The summed E-state index contributed by atoms with van der Waals surface area (Å²) < 4.78 is 4.79. The van der Waals surface area contributed by atoms with E-state index in [4.69, 9.17) is 27.9 Å². The average Bonchev–Trinajstić information content (AvgIpc) is 2.12. The number of halogens is 2. The zero-order chi connectivity index (χ0) is 5.98. The second-order valence-corrected chi connectivity index (χ2v) is 2.29. The Labute approximate surface area is 56.6 Å². The van der Waals surface area contributed by atoms with Crippen LogP contribution in [0.25, 0.3) is 0 Å².